The molecule has 0 spiro atoms. The average Bonchev–Trinajstić information content (AvgIpc) is 3.08. The minimum atomic E-state index is -3.15. The Kier molecular flexibility index (Phi) is 3.35. The SMILES string of the molecule is CS(=O)(=O)c1ccc(-n2cncc2[C@@H]2CCCN2)cc1. The molecule has 106 valence electrons. The van der Waals surface area contributed by atoms with Gasteiger partial charge in [-0.3, -0.25) is 0 Å². The van der Waals surface area contributed by atoms with E-state index in [2.05, 4.69) is 10.3 Å². The van der Waals surface area contributed by atoms with Gasteiger partial charge in [0, 0.05) is 18.0 Å². The van der Waals surface area contributed by atoms with Gasteiger partial charge in [0.2, 0.25) is 0 Å². The fraction of sp³-hybridized carbons (Fsp3) is 0.357. The lowest BCUT2D eigenvalue weighted by Crippen LogP contribution is -2.16. The molecule has 1 aliphatic rings. The molecule has 0 amide bonds. The number of hydrogen-bond donors (Lipinski definition) is 1. The van der Waals surface area contributed by atoms with Gasteiger partial charge in [-0.2, -0.15) is 0 Å². The molecular formula is C14H17N3O2S. The lowest BCUT2D eigenvalue weighted by atomic mass is 10.1. The molecule has 0 radical (unpaired) electrons. The number of benzene rings is 1. The zero-order valence-electron chi connectivity index (χ0n) is 11.3. The number of sulfone groups is 1. The summed E-state index contributed by atoms with van der Waals surface area (Å²) in [6.07, 6.45) is 7.13. The highest BCUT2D eigenvalue weighted by Gasteiger charge is 2.20. The molecule has 0 bridgehead atoms. The van der Waals surface area contributed by atoms with Gasteiger partial charge in [0.05, 0.1) is 23.1 Å². The van der Waals surface area contributed by atoms with E-state index < -0.39 is 9.84 Å². The average molecular weight is 291 g/mol. The summed E-state index contributed by atoms with van der Waals surface area (Å²) < 4.78 is 25.0. The highest BCUT2D eigenvalue weighted by atomic mass is 32.2. The van der Waals surface area contributed by atoms with E-state index in [0.717, 1.165) is 24.3 Å². The van der Waals surface area contributed by atoms with Gasteiger partial charge in [-0.1, -0.05) is 0 Å². The Morgan fingerprint density at radius 1 is 1.30 bits per heavy atom. The normalized spacial score (nSPS) is 19.4. The molecule has 2 aromatic rings. The lowest BCUT2D eigenvalue weighted by molar-refractivity contribution is 0.601. The molecular weight excluding hydrogens is 274 g/mol. The summed E-state index contributed by atoms with van der Waals surface area (Å²) in [4.78, 5) is 4.55. The van der Waals surface area contributed by atoms with Gasteiger partial charge < -0.3 is 9.88 Å². The first-order valence-electron chi connectivity index (χ1n) is 6.62. The molecule has 3 rings (SSSR count). The van der Waals surface area contributed by atoms with Crippen LogP contribution in [0.3, 0.4) is 0 Å². The van der Waals surface area contributed by atoms with Crippen LogP contribution in [0.4, 0.5) is 0 Å². The van der Waals surface area contributed by atoms with Crippen LogP contribution in [0, 0.1) is 0 Å². The van der Waals surface area contributed by atoms with Crippen molar-refractivity contribution >= 4 is 9.84 Å². The zero-order valence-corrected chi connectivity index (χ0v) is 12.1. The van der Waals surface area contributed by atoms with E-state index >= 15 is 0 Å². The van der Waals surface area contributed by atoms with Crippen LogP contribution in [-0.4, -0.2) is 30.8 Å². The minimum Gasteiger partial charge on any atom is -0.309 e. The van der Waals surface area contributed by atoms with E-state index in [-0.39, 0.29) is 0 Å². The molecule has 20 heavy (non-hydrogen) atoms. The minimum absolute atomic E-state index is 0.326. The molecule has 1 aliphatic heterocycles. The molecule has 5 nitrogen and oxygen atoms in total. The van der Waals surface area contributed by atoms with Crippen molar-refractivity contribution in [3.05, 3.63) is 42.5 Å². The van der Waals surface area contributed by atoms with Crippen molar-refractivity contribution in [3.8, 4) is 5.69 Å². The van der Waals surface area contributed by atoms with Gasteiger partial charge in [0.1, 0.15) is 0 Å². The second kappa shape index (κ2) is 5.03. The highest BCUT2D eigenvalue weighted by molar-refractivity contribution is 7.90. The largest absolute Gasteiger partial charge is 0.309 e. The van der Waals surface area contributed by atoms with Crippen LogP contribution in [0.1, 0.15) is 24.6 Å². The Morgan fingerprint density at radius 2 is 2.05 bits per heavy atom. The number of nitrogens with zero attached hydrogens (tertiary/aromatic N) is 2. The van der Waals surface area contributed by atoms with Crippen LogP contribution < -0.4 is 5.32 Å². The first-order chi connectivity index (χ1) is 9.55. The van der Waals surface area contributed by atoms with Crippen molar-refractivity contribution in [1.82, 2.24) is 14.9 Å². The van der Waals surface area contributed by atoms with Crippen molar-refractivity contribution in [3.63, 3.8) is 0 Å². The molecule has 1 atom stereocenters. The number of rotatable bonds is 3. The summed E-state index contributed by atoms with van der Waals surface area (Å²) in [5, 5.41) is 3.45. The van der Waals surface area contributed by atoms with Crippen LogP contribution in [0.15, 0.2) is 41.7 Å². The molecule has 1 fully saturated rings. The van der Waals surface area contributed by atoms with Crippen LogP contribution in [0.2, 0.25) is 0 Å². The van der Waals surface area contributed by atoms with Gasteiger partial charge in [-0.05, 0) is 43.7 Å². The number of aromatic nitrogens is 2. The molecule has 0 unspecified atom stereocenters. The van der Waals surface area contributed by atoms with Crippen molar-refractivity contribution in [1.29, 1.82) is 0 Å². The van der Waals surface area contributed by atoms with Crippen LogP contribution in [0.25, 0.3) is 5.69 Å². The summed E-state index contributed by atoms with van der Waals surface area (Å²) in [6, 6.07) is 7.23. The zero-order chi connectivity index (χ0) is 14.2. The number of imidazole rings is 1. The van der Waals surface area contributed by atoms with Gasteiger partial charge in [-0.15, -0.1) is 0 Å². The molecule has 1 saturated heterocycles. The third kappa shape index (κ3) is 2.48. The van der Waals surface area contributed by atoms with Crippen LogP contribution >= 0.6 is 0 Å². The van der Waals surface area contributed by atoms with Crippen molar-refractivity contribution in [2.24, 2.45) is 0 Å². The molecule has 1 aromatic carbocycles. The maximum atomic E-state index is 11.5. The predicted molar refractivity (Wildman–Crippen MR) is 76.7 cm³/mol. The van der Waals surface area contributed by atoms with Crippen LogP contribution in [0.5, 0.6) is 0 Å². The van der Waals surface area contributed by atoms with Crippen LogP contribution in [-0.2, 0) is 9.84 Å². The monoisotopic (exact) mass is 291 g/mol. The van der Waals surface area contributed by atoms with Gasteiger partial charge in [-0.25, -0.2) is 13.4 Å². The van der Waals surface area contributed by atoms with Crippen molar-refractivity contribution in [2.45, 2.75) is 23.8 Å². The second-order valence-corrected chi connectivity index (χ2v) is 7.12. The Labute approximate surface area is 118 Å². The van der Waals surface area contributed by atoms with E-state index in [1.54, 1.807) is 18.5 Å². The first-order valence-corrected chi connectivity index (χ1v) is 8.51. The smallest absolute Gasteiger partial charge is 0.175 e. The number of hydrogen-bond acceptors (Lipinski definition) is 4. The summed E-state index contributed by atoms with van der Waals surface area (Å²) in [7, 11) is -3.15. The van der Waals surface area contributed by atoms with Crippen molar-refractivity contribution < 1.29 is 8.42 Å². The van der Waals surface area contributed by atoms with Gasteiger partial charge in [0.25, 0.3) is 0 Å². The first kappa shape index (κ1) is 13.3. The van der Waals surface area contributed by atoms with E-state index in [9.17, 15) is 8.42 Å². The third-order valence-electron chi connectivity index (χ3n) is 3.63. The molecule has 6 heteroatoms. The molecule has 0 aliphatic carbocycles. The molecule has 1 aromatic heterocycles. The van der Waals surface area contributed by atoms with Crippen molar-refractivity contribution in [2.75, 3.05) is 12.8 Å². The van der Waals surface area contributed by atoms with E-state index in [0.29, 0.717) is 10.9 Å². The fourth-order valence-corrected chi connectivity index (χ4v) is 3.20. The summed E-state index contributed by atoms with van der Waals surface area (Å²) in [5.74, 6) is 0. The predicted octanol–water partition coefficient (Wildman–Crippen LogP) is 1.70. The van der Waals surface area contributed by atoms with Gasteiger partial charge in [0.15, 0.2) is 9.84 Å². The van der Waals surface area contributed by atoms with Gasteiger partial charge >= 0.3 is 0 Å². The highest BCUT2D eigenvalue weighted by Crippen LogP contribution is 2.25. The lowest BCUT2D eigenvalue weighted by Gasteiger charge is -2.14. The van der Waals surface area contributed by atoms with E-state index in [1.807, 2.05) is 22.9 Å². The standard InChI is InChI=1S/C14H17N3O2S/c1-20(18,19)12-6-4-11(5-7-12)17-10-15-9-14(17)13-3-2-8-16-13/h4-7,9-10,13,16H,2-3,8H2,1H3/t13-/m0/s1. The Morgan fingerprint density at radius 3 is 2.65 bits per heavy atom. The topological polar surface area (TPSA) is 64.0 Å². The summed E-state index contributed by atoms with van der Waals surface area (Å²) >= 11 is 0. The molecule has 1 N–H and O–H groups in total. The summed E-state index contributed by atoms with van der Waals surface area (Å²) in [6.45, 7) is 1.03. The maximum Gasteiger partial charge on any atom is 0.175 e. The third-order valence-corrected chi connectivity index (χ3v) is 4.76. The Hall–Kier alpha value is -1.66. The Balaban J connectivity index is 1.95. The Bertz CT molecular complexity index is 698. The quantitative estimate of drug-likeness (QED) is 0.935. The molecule has 0 saturated carbocycles. The second-order valence-electron chi connectivity index (χ2n) is 5.10. The van der Waals surface area contributed by atoms with E-state index in [4.69, 9.17) is 0 Å². The molecule has 2 heterocycles. The summed E-state index contributed by atoms with van der Waals surface area (Å²) in [5.41, 5.74) is 2.05. The van der Waals surface area contributed by atoms with E-state index in [1.165, 1.54) is 12.7 Å². The fourth-order valence-electron chi connectivity index (χ4n) is 2.57. The number of nitrogens with one attached hydrogen (secondary N) is 1. The maximum absolute atomic E-state index is 11.5.